The number of hydrogen-bond acceptors (Lipinski definition) is 4. The number of amides is 1. The van der Waals surface area contributed by atoms with E-state index in [9.17, 15) is 4.79 Å². The highest BCUT2D eigenvalue weighted by Crippen LogP contribution is 2.48. The number of carbonyl (C=O) groups is 1. The maximum absolute atomic E-state index is 12.5. The number of fused-ring (bicyclic) bond motifs is 1. The van der Waals surface area contributed by atoms with Crippen molar-refractivity contribution in [2.75, 3.05) is 19.5 Å². The number of rotatable bonds is 4. The van der Waals surface area contributed by atoms with E-state index in [-0.39, 0.29) is 11.8 Å². The monoisotopic (exact) mass is 399 g/mol. The van der Waals surface area contributed by atoms with Gasteiger partial charge in [0, 0.05) is 38.7 Å². The van der Waals surface area contributed by atoms with Crippen LogP contribution >= 0.6 is 22.9 Å². The van der Waals surface area contributed by atoms with Crippen LogP contribution < -0.4 is 14.8 Å². The van der Waals surface area contributed by atoms with Crippen molar-refractivity contribution < 1.29 is 14.3 Å². The van der Waals surface area contributed by atoms with Crippen molar-refractivity contribution >= 4 is 34.5 Å². The predicted molar refractivity (Wildman–Crippen MR) is 109 cm³/mol. The van der Waals surface area contributed by atoms with Crippen molar-refractivity contribution in [3.8, 4) is 22.6 Å². The van der Waals surface area contributed by atoms with Crippen molar-refractivity contribution in [1.82, 2.24) is 0 Å². The molecule has 1 atom stereocenters. The minimum Gasteiger partial charge on any atom is -0.497 e. The number of carbonyl (C=O) groups excluding carboxylic acids is 1. The number of nitrogens with one attached hydrogen (secondary N) is 1. The lowest BCUT2D eigenvalue weighted by atomic mass is 9.88. The summed E-state index contributed by atoms with van der Waals surface area (Å²) in [6, 6.07) is 13.3. The number of halogens is 1. The van der Waals surface area contributed by atoms with Gasteiger partial charge in [0.1, 0.15) is 11.5 Å². The molecule has 2 heterocycles. The molecule has 0 saturated carbocycles. The van der Waals surface area contributed by atoms with Crippen LogP contribution in [-0.2, 0) is 4.79 Å². The van der Waals surface area contributed by atoms with Gasteiger partial charge in [-0.3, -0.25) is 4.79 Å². The Balaban J connectivity index is 1.83. The van der Waals surface area contributed by atoms with Crippen LogP contribution in [0.2, 0.25) is 5.02 Å². The van der Waals surface area contributed by atoms with Crippen LogP contribution in [0.1, 0.15) is 22.8 Å². The molecule has 138 valence electrons. The zero-order chi connectivity index (χ0) is 19.0. The van der Waals surface area contributed by atoms with Crippen LogP contribution in [0.4, 0.5) is 5.69 Å². The van der Waals surface area contributed by atoms with Gasteiger partial charge >= 0.3 is 0 Å². The van der Waals surface area contributed by atoms with Crippen molar-refractivity contribution in [2.24, 2.45) is 0 Å². The summed E-state index contributed by atoms with van der Waals surface area (Å²) in [6.07, 6.45) is 0.372. The number of benzene rings is 2. The maximum atomic E-state index is 12.5. The zero-order valence-electron chi connectivity index (χ0n) is 14.9. The van der Waals surface area contributed by atoms with Crippen LogP contribution in [0.5, 0.6) is 11.5 Å². The van der Waals surface area contributed by atoms with E-state index in [0.717, 1.165) is 38.8 Å². The molecule has 0 aliphatic carbocycles. The Morgan fingerprint density at radius 1 is 1.11 bits per heavy atom. The fourth-order valence-electron chi connectivity index (χ4n) is 3.43. The number of anilines is 1. The van der Waals surface area contributed by atoms with Crippen molar-refractivity contribution in [3.05, 3.63) is 63.3 Å². The Bertz CT molecular complexity index is 997. The fraction of sp³-hybridized carbons (Fsp3) is 0.190. The van der Waals surface area contributed by atoms with Crippen molar-refractivity contribution in [1.29, 1.82) is 0 Å². The summed E-state index contributed by atoms with van der Waals surface area (Å²) in [5.41, 5.74) is 3.85. The summed E-state index contributed by atoms with van der Waals surface area (Å²) in [5.74, 6) is 1.41. The molecule has 6 heteroatoms. The molecule has 27 heavy (non-hydrogen) atoms. The van der Waals surface area contributed by atoms with E-state index in [1.54, 1.807) is 25.6 Å². The van der Waals surface area contributed by atoms with Gasteiger partial charge in [-0.2, -0.15) is 0 Å². The van der Waals surface area contributed by atoms with E-state index in [4.69, 9.17) is 21.1 Å². The average Bonchev–Trinajstić information content (AvgIpc) is 3.11. The first-order chi connectivity index (χ1) is 13.1. The molecule has 0 spiro atoms. The minimum absolute atomic E-state index is 0.00835. The summed E-state index contributed by atoms with van der Waals surface area (Å²) < 4.78 is 10.9. The smallest absolute Gasteiger partial charge is 0.225 e. The van der Waals surface area contributed by atoms with Gasteiger partial charge in [0.15, 0.2) is 0 Å². The van der Waals surface area contributed by atoms with Gasteiger partial charge in [0.25, 0.3) is 0 Å². The molecular formula is C21H18ClNO3S. The Labute approximate surface area is 166 Å². The lowest BCUT2D eigenvalue weighted by molar-refractivity contribution is -0.116. The third kappa shape index (κ3) is 3.29. The molecule has 0 saturated heterocycles. The van der Waals surface area contributed by atoms with Gasteiger partial charge < -0.3 is 14.8 Å². The molecule has 0 bridgehead atoms. The van der Waals surface area contributed by atoms with E-state index >= 15 is 0 Å². The first-order valence-corrected chi connectivity index (χ1v) is 9.75. The zero-order valence-corrected chi connectivity index (χ0v) is 16.5. The summed E-state index contributed by atoms with van der Waals surface area (Å²) in [4.78, 5) is 13.6. The van der Waals surface area contributed by atoms with Gasteiger partial charge in [-0.1, -0.05) is 23.7 Å². The van der Waals surface area contributed by atoms with Crippen molar-refractivity contribution in [3.63, 3.8) is 0 Å². The van der Waals surface area contributed by atoms with Crippen LogP contribution in [0.15, 0.2) is 47.8 Å². The molecule has 1 N–H and O–H groups in total. The number of thiophene rings is 1. The first-order valence-electron chi connectivity index (χ1n) is 8.49. The van der Waals surface area contributed by atoms with Gasteiger partial charge in [0.05, 0.1) is 19.9 Å². The van der Waals surface area contributed by atoms with Crippen LogP contribution in [0, 0.1) is 0 Å². The predicted octanol–water partition coefficient (Wildman–Crippen LogP) is 5.56. The second-order valence-corrected chi connectivity index (χ2v) is 7.66. The largest absolute Gasteiger partial charge is 0.497 e. The van der Waals surface area contributed by atoms with E-state index in [1.807, 2.05) is 42.5 Å². The van der Waals surface area contributed by atoms with Gasteiger partial charge in [-0.25, -0.2) is 0 Å². The SMILES string of the molecule is COc1ccc(OC)c([C@H]2CC(=O)Nc3c(-c4ccc(Cl)cc4)csc32)c1. The molecule has 0 radical (unpaired) electrons. The Kier molecular flexibility index (Phi) is 4.81. The maximum Gasteiger partial charge on any atom is 0.225 e. The Morgan fingerprint density at radius 2 is 1.89 bits per heavy atom. The quantitative estimate of drug-likeness (QED) is 0.624. The molecule has 4 rings (SSSR count). The minimum atomic E-state index is -0.0788. The van der Waals surface area contributed by atoms with Crippen LogP contribution in [-0.4, -0.2) is 20.1 Å². The number of methoxy groups -OCH3 is 2. The fourth-order valence-corrected chi connectivity index (χ4v) is 4.71. The Hall–Kier alpha value is -2.50. The van der Waals surface area contributed by atoms with Gasteiger partial charge in [0.2, 0.25) is 5.91 Å². The van der Waals surface area contributed by atoms with Gasteiger partial charge in [-0.15, -0.1) is 11.3 Å². The molecule has 3 aromatic rings. The summed E-state index contributed by atoms with van der Waals surface area (Å²) in [5, 5.41) is 5.82. The van der Waals surface area contributed by atoms with Crippen LogP contribution in [0.3, 0.4) is 0 Å². The summed E-state index contributed by atoms with van der Waals surface area (Å²) in [6.45, 7) is 0. The summed E-state index contributed by atoms with van der Waals surface area (Å²) >= 11 is 7.66. The van der Waals surface area contributed by atoms with E-state index in [1.165, 1.54) is 0 Å². The van der Waals surface area contributed by atoms with E-state index in [0.29, 0.717) is 11.4 Å². The summed E-state index contributed by atoms with van der Waals surface area (Å²) in [7, 11) is 3.27. The molecule has 1 aliphatic rings. The molecule has 4 nitrogen and oxygen atoms in total. The number of ether oxygens (including phenoxy) is 2. The highest BCUT2D eigenvalue weighted by Gasteiger charge is 2.32. The normalized spacial score (nSPS) is 15.8. The molecule has 0 unspecified atom stereocenters. The first kappa shape index (κ1) is 17.9. The molecule has 0 fully saturated rings. The second kappa shape index (κ2) is 7.25. The van der Waals surface area contributed by atoms with Crippen molar-refractivity contribution in [2.45, 2.75) is 12.3 Å². The lowest BCUT2D eigenvalue weighted by Crippen LogP contribution is -2.22. The third-order valence-corrected chi connectivity index (χ3v) is 6.11. The lowest BCUT2D eigenvalue weighted by Gasteiger charge is -2.25. The third-order valence-electron chi connectivity index (χ3n) is 4.76. The molecule has 1 amide bonds. The topological polar surface area (TPSA) is 47.6 Å². The number of hydrogen-bond donors (Lipinski definition) is 1. The highest BCUT2D eigenvalue weighted by atomic mass is 35.5. The van der Waals surface area contributed by atoms with E-state index in [2.05, 4.69) is 10.7 Å². The molecule has 1 aromatic heterocycles. The average molecular weight is 400 g/mol. The second-order valence-electron chi connectivity index (χ2n) is 6.31. The highest BCUT2D eigenvalue weighted by molar-refractivity contribution is 7.11. The molecular weight excluding hydrogens is 382 g/mol. The van der Waals surface area contributed by atoms with Crippen LogP contribution in [0.25, 0.3) is 11.1 Å². The molecule has 1 aliphatic heterocycles. The standard InChI is InChI=1S/C21H18ClNO3S/c1-25-14-7-8-18(26-2)15(9-14)16-10-19(24)23-20-17(11-27-21(16)20)12-3-5-13(22)6-4-12/h3-9,11,16H,10H2,1-2H3,(H,23,24)/t16-/m1/s1. The van der Waals surface area contributed by atoms with E-state index < -0.39 is 0 Å². The van der Waals surface area contributed by atoms with Gasteiger partial charge in [-0.05, 0) is 35.9 Å². The molecule has 2 aromatic carbocycles. The Morgan fingerprint density at radius 3 is 2.59 bits per heavy atom.